The van der Waals surface area contributed by atoms with Gasteiger partial charge in [0.2, 0.25) is 11.8 Å². The number of aromatic amines is 1. The van der Waals surface area contributed by atoms with Crippen LogP contribution < -0.4 is 11.1 Å². The molecule has 0 fully saturated rings. The number of H-pyrrole nitrogens is 1. The Morgan fingerprint density at radius 2 is 2.29 bits per heavy atom. The average molecular weight is 314 g/mol. The van der Waals surface area contributed by atoms with Crippen LogP contribution in [0.3, 0.4) is 0 Å². The molecule has 9 heteroatoms. The SMILES string of the molecule is COC(=O)[C@H](Cc1cnc[nH]1)NC(=O)CCSCC(N)=O. The number of aromatic nitrogens is 2. The maximum Gasteiger partial charge on any atom is 0.328 e. The third-order valence-corrected chi connectivity index (χ3v) is 3.50. The third kappa shape index (κ3) is 6.80. The van der Waals surface area contributed by atoms with E-state index in [1.54, 1.807) is 6.20 Å². The summed E-state index contributed by atoms with van der Waals surface area (Å²) in [6, 6.07) is -0.774. The maximum absolute atomic E-state index is 11.8. The molecule has 1 atom stereocenters. The van der Waals surface area contributed by atoms with Crippen LogP contribution in [0.1, 0.15) is 12.1 Å². The van der Waals surface area contributed by atoms with Crippen molar-refractivity contribution >= 4 is 29.5 Å². The van der Waals surface area contributed by atoms with E-state index in [1.165, 1.54) is 25.2 Å². The van der Waals surface area contributed by atoms with Gasteiger partial charge >= 0.3 is 5.97 Å². The Labute approximate surface area is 126 Å². The average Bonchev–Trinajstić information content (AvgIpc) is 2.94. The van der Waals surface area contributed by atoms with Crippen LogP contribution in [0, 0.1) is 0 Å². The van der Waals surface area contributed by atoms with Crippen molar-refractivity contribution in [1.82, 2.24) is 15.3 Å². The van der Waals surface area contributed by atoms with Gasteiger partial charge in [-0.05, 0) is 0 Å². The van der Waals surface area contributed by atoms with Crippen LogP contribution in [0.4, 0.5) is 0 Å². The summed E-state index contributed by atoms with van der Waals surface area (Å²) in [5.41, 5.74) is 5.71. The van der Waals surface area contributed by atoms with Crippen molar-refractivity contribution in [2.24, 2.45) is 5.73 Å². The van der Waals surface area contributed by atoms with Gasteiger partial charge < -0.3 is 20.8 Å². The second-order valence-electron chi connectivity index (χ2n) is 4.19. The molecule has 0 unspecified atom stereocenters. The predicted octanol–water partition coefficient (Wildman–Crippen LogP) is -0.781. The Morgan fingerprint density at radius 1 is 1.52 bits per heavy atom. The number of nitrogens with two attached hydrogens (primary N) is 1. The number of imidazole rings is 1. The first-order chi connectivity index (χ1) is 10.0. The number of esters is 1. The topological polar surface area (TPSA) is 127 Å². The molecule has 1 rings (SSSR count). The molecule has 0 radical (unpaired) electrons. The lowest BCUT2D eigenvalue weighted by Gasteiger charge is -2.15. The van der Waals surface area contributed by atoms with Gasteiger partial charge in [0.05, 0.1) is 19.2 Å². The molecule has 0 aliphatic rings. The van der Waals surface area contributed by atoms with Crippen LogP contribution in [0.15, 0.2) is 12.5 Å². The number of carbonyl (C=O) groups excluding carboxylic acids is 3. The zero-order valence-corrected chi connectivity index (χ0v) is 12.4. The molecule has 0 spiro atoms. The van der Waals surface area contributed by atoms with Crippen LogP contribution >= 0.6 is 11.8 Å². The minimum absolute atomic E-state index is 0.169. The number of ether oxygens (including phenoxy) is 1. The van der Waals surface area contributed by atoms with Gasteiger partial charge in [0, 0.05) is 30.5 Å². The lowest BCUT2D eigenvalue weighted by molar-refractivity contribution is -0.145. The maximum atomic E-state index is 11.8. The largest absolute Gasteiger partial charge is 0.467 e. The number of hydrogen-bond acceptors (Lipinski definition) is 6. The van der Waals surface area contributed by atoms with E-state index in [0.717, 1.165) is 0 Å². The van der Waals surface area contributed by atoms with Gasteiger partial charge in [0.15, 0.2) is 0 Å². The van der Waals surface area contributed by atoms with Crippen LogP contribution in [0.5, 0.6) is 0 Å². The summed E-state index contributed by atoms with van der Waals surface area (Å²) in [6.45, 7) is 0. The lowest BCUT2D eigenvalue weighted by Crippen LogP contribution is -2.43. The van der Waals surface area contributed by atoms with Crippen LogP contribution in [-0.2, 0) is 25.5 Å². The van der Waals surface area contributed by atoms with Crippen LogP contribution in [-0.4, -0.2) is 52.4 Å². The fourth-order valence-corrected chi connectivity index (χ4v) is 2.23. The Bertz CT molecular complexity index is 478. The molecule has 0 saturated carbocycles. The van der Waals surface area contributed by atoms with Gasteiger partial charge in [-0.15, -0.1) is 0 Å². The highest BCUT2D eigenvalue weighted by atomic mass is 32.2. The summed E-state index contributed by atoms with van der Waals surface area (Å²) >= 11 is 1.27. The molecule has 21 heavy (non-hydrogen) atoms. The number of nitrogens with one attached hydrogen (secondary N) is 2. The van der Waals surface area contributed by atoms with E-state index in [4.69, 9.17) is 5.73 Å². The van der Waals surface area contributed by atoms with E-state index >= 15 is 0 Å². The van der Waals surface area contributed by atoms with Gasteiger partial charge in [0.1, 0.15) is 6.04 Å². The molecule has 0 aromatic carbocycles. The Kier molecular flexibility index (Phi) is 7.30. The summed E-state index contributed by atoms with van der Waals surface area (Å²) in [4.78, 5) is 40.7. The Balaban J connectivity index is 2.42. The molecule has 0 aliphatic heterocycles. The number of hydrogen-bond donors (Lipinski definition) is 3. The first kappa shape index (κ1) is 17.0. The van der Waals surface area contributed by atoms with Crippen molar-refractivity contribution in [3.05, 3.63) is 18.2 Å². The molecule has 1 heterocycles. The number of carbonyl (C=O) groups is 3. The molecule has 2 amide bonds. The van der Waals surface area contributed by atoms with Crippen LogP contribution in [0.2, 0.25) is 0 Å². The van der Waals surface area contributed by atoms with E-state index in [-0.39, 0.29) is 24.5 Å². The summed E-state index contributed by atoms with van der Waals surface area (Å²) in [5, 5.41) is 2.60. The fraction of sp³-hybridized carbons (Fsp3) is 0.500. The third-order valence-electron chi connectivity index (χ3n) is 2.52. The van der Waals surface area contributed by atoms with Crippen molar-refractivity contribution < 1.29 is 19.1 Å². The quantitative estimate of drug-likeness (QED) is 0.405. The highest BCUT2D eigenvalue weighted by Crippen LogP contribution is 2.04. The fourth-order valence-electron chi connectivity index (χ4n) is 1.56. The highest BCUT2D eigenvalue weighted by molar-refractivity contribution is 7.99. The zero-order chi connectivity index (χ0) is 15.7. The van der Waals surface area contributed by atoms with E-state index in [0.29, 0.717) is 11.4 Å². The summed E-state index contributed by atoms with van der Waals surface area (Å²) < 4.78 is 4.66. The monoisotopic (exact) mass is 314 g/mol. The summed E-state index contributed by atoms with van der Waals surface area (Å²) in [6.07, 6.45) is 3.53. The molecular weight excluding hydrogens is 296 g/mol. The number of nitrogens with zero attached hydrogens (tertiary/aromatic N) is 1. The minimum atomic E-state index is -0.774. The number of rotatable bonds is 9. The number of thioether (sulfide) groups is 1. The molecule has 0 bridgehead atoms. The first-order valence-electron chi connectivity index (χ1n) is 6.23. The first-order valence-corrected chi connectivity index (χ1v) is 7.39. The van der Waals surface area contributed by atoms with Gasteiger partial charge in [-0.25, -0.2) is 9.78 Å². The molecule has 4 N–H and O–H groups in total. The minimum Gasteiger partial charge on any atom is -0.467 e. The van der Waals surface area contributed by atoms with Crippen molar-refractivity contribution in [3.63, 3.8) is 0 Å². The molecule has 8 nitrogen and oxygen atoms in total. The second kappa shape index (κ2) is 9.01. The Morgan fingerprint density at radius 3 is 2.86 bits per heavy atom. The lowest BCUT2D eigenvalue weighted by atomic mass is 10.1. The molecular formula is C12H18N4O4S. The number of amides is 2. The van der Waals surface area contributed by atoms with E-state index in [2.05, 4.69) is 20.0 Å². The molecule has 116 valence electrons. The highest BCUT2D eigenvalue weighted by Gasteiger charge is 2.22. The predicted molar refractivity (Wildman–Crippen MR) is 77.4 cm³/mol. The Hall–Kier alpha value is -2.03. The van der Waals surface area contributed by atoms with Gasteiger partial charge in [-0.3, -0.25) is 9.59 Å². The van der Waals surface area contributed by atoms with Crippen molar-refractivity contribution in [1.29, 1.82) is 0 Å². The van der Waals surface area contributed by atoms with Crippen molar-refractivity contribution in [3.8, 4) is 0 Å². The molecule has 1 aromatic rings. The van der Waals surface area contributed by atoms with Gasteiger partial charge in [-0.2, -0.15) is 11.8 Å². The van der Waals surface area contributed by atoms with Crippen molar-refractivity contribution in [2.45, 2.75) is 18.9 Å². The summed E-state index contributed by atoms with van der Waals surface area (Å²) in [7, 11) is 1.26. The smallest absolute Gasteiger partial charge is 0.328 e. The summed E-state index contributed by atoms with van der Waals surface area (Å²) in [5.74, 6) is -0.620. The zero-order valence-electron chi connectivity index (χ0n) is 11.6. The van der Waals surface area contributed by atoms with Gasteiger partial charge in [-0.1, -0.05) is 0 Å². The molecule has 0 saturated heterocycles. The van der Waals surface area contributed by atoms with E-state index in [9.17, 15) is 14.4 Å². The molecule has 0 aliphatic carbocycles. The standard InChI is InChI=1S/C12H18N4O4S/c1-20-12(19)9(4-8-5-14-7-15-8)16-11(18)2-3-21-6-10(13)17/h5,7,9H,2-4,6H2,1H3,(H2,13,17)(H,14,15)(H,16,18)/t9-/m0/s1. The van der Waals surface area contributed by atoms with Crippen LogP contribution in [0.25, 0.3) is 0 Å². The molecule has 1 aromatic heterocycles. The second-order valence-corrected chi connectivity index (χ2v) is 5.30. The van der Waals surface area contributed by atoms with E-state index in [1.807, 2.05) is 0 Å². The van der Waals surface area contributed by atoms with Gasteiger partial charge in [0.25, 0.3) is 0 Å². The number of methoxy groups -OCH3 is 1. The number of primary amides is 1. The van der Waals surface area contributed by atoms with E-state index < -0.39 is 17.9 Å². The van der Waals surface area contributed by atoms with Crippen molar-refractivity contribution in [2.75, 3.05) is 18.6 Å². The normalized spacial score (nSPS) is 11.7.